The molecule has 3 aromatic rings. The fourth-order valence-corrected chi connectivity index (χ4v) is 7.31. The van der Waals surface area contributed by atoms with Crippen LogP contribution in [0.15, 0.2) is 58.2 Å². The van der Waals surface area contributed by atoms with Gasteiger partial charge < -0.3 is 9.52 Å². The molecule has 2 aromatic carbocycles. The second-order valence-electron chi connectivity index (χ2n) is 9.34. The normalized spacial score (nSPS) is 24.3. The Bertz CT molecular complexity index is 1320. The van der Waals surface area contributed by atoms with Gasteiger partial charge in [0, 0.05) is 29.8 Å². The fourth-order valence-electron chi connectivity index (χ4n) is 5.51. The number of sulfonamides is 1. The van der Waals surface area contributed by atoms with Crippen LogP contribution in [0.2, 0.25) is 5.02 Å². The molecule has 0 amide bonds. The van der Waals surface area contributed by atoms with Gasteiger partial charge in [0.2, 0.25) is 15.9 Å². The van der Waals surface area contributed by atoms with Crippen molar-refractivity contribution < 1.29 is 26.7 Å². The molecule has 3 atom stereocenters. The molecular formula is C25H25ClF2N2O4S. The molecule has 1 spiro atoms. The molecular weight excluding hydrogens is 498 g/mol. The summed E-state index contributed by atoms with van der Waals surface area (Å²) in [6.45, 7) is -0.372. The largest absolute Gasteiger partial charge is 0.444 e. The van der Waals surface area contributed by atoms with Crippen LogP contribution in [0.25, 0.3) is 11.5 Å². The van der Waals surface area contributed by atoms with E-state index in [2.05, 4.69) is 4.98 Å². The predicted octanol–water partition coefficient (Wildman–Crippen LogP) is 5.41. The van der Waals surface area contributed by atoms with Crippen LogP contribution in [0.3, 0.4) is 0 Å². The topological polar surface area (TPSA) is 83.6 Å². The van der Waals surface area contributed by atoms with Gasteiger partial charge in [-0.3, -0.25) is 0 Å². The standard InChI is InChI=1S/C25H25ClF2N2O4S/c26-18-4-6-19(7-5-18)35(32,33)30(23-13-25(23)8-2-1-3-17(25)15-31)14-16-11-22(28)20(12-21(16)27)24-29-9-10-34-24/h4-7,9-12,17,23,31H,1-3,8,13-15H2/t17-,23+,25+/m0/s1. The van der Waals surface area contributed by atoms with Gasteiger partial charge in [0.15, 0.2) is 0 Å². The van der Waals surface area contributed by atoms with Gasteiger partial charge in [0.05, 0.1) is 16.7 Å². The van der Waals surface area contributed by atoms with Crippen molar-refractivity contribution in [2.45, 2.75) is 49.6 Å². The lowest BCUT2D eigenvalue weighted by atomic mass is 9.76. The molecule has 0 aliphatic heterocycles. The monoisotopic (exact) mass is 522 g/mol. The second kappa shape index (κ2) is 9.28. The lowest BCUT2D eigenvalue weighted by molar-refractivity contribution is 0.103. The molecule has 5 rings (SSSR count). The van der Waals surface area contributed by atoms with Gasteiger partial charge in [-0.05, 0) is 67.0 Å². The third-order valence-electron chi connectivity index (χ3n) is 7.45. The van der Waals surface area contributed by atoms with Crippen LogP contribution in [-0.4, -0.2) is 35.5 Å². The summed E-state index contributed by atoms with van der Waals surface area (Å²) in [5.41, 5.74) is -0.591. The Hall–Kier alpha value is -2.33. The van der Waals surface area contributed by atoms with E-state index in [1.807, 2.05) is 0 Å². The Balaban J connectivity index is 1.54. The summed E-state index contributed by atoms with van der Waals surface area (Å²) in [6, 6.07) is 7.34. The quantitative estimate of drug-likeness (QED) is 0.449. The molecule has 1 heterocycles. The molecule has 0 unspecified atom stereocenters. The van der Waals surface area contributed by atoms with Gasteiger partial charge in [0.1, 0.15) is 17.9 Å². The van der Waals surface area contributed by atoms with E-state index in [1.54, 1.807) is 0 Å². The Labute approximate surface area is 207 Å². The number of rotatable bonds is 7. The highest BCUT2D eigenvalue weighted by atomic mass is 35.5. The van der Waals surface area contributed by atoms with Crippen molar-refractivity contribution in [1.82, 2.24) is 9.29 Å². The molecule has 2 fully saturated rings. The molecule has 0 bridgehead atoms. The smallest absolute Gasteiger partial charge is 0.243 e. The number of hydrogen-bond donors (Lipinski definition) is 1. The molecule has 6 nitrogen and oxygen atoms in total. The lowest BCUT2D eigenvalue weighted by Gasteiger charge is -2.34. The highest BCUT2D eigenvalue weighted by Crippen LogP contribution is 2.62. The first-order valence-electron chi connectivity index (χ1n) is 11.5. The third kappa shape index (κ3) is 4.39. The molecule has 2 aliphatic rings. The summed E-state index contributed by atoms with van der Waals surface area (Å²) in [5.74, 6) is -1.61. The summed E-state index contributed by atoms with van der Waals surface area (Å²) in [7, 11) is -4.07. The summed E-state index contributed by atoms with van der Waals surface area (Å²) in [4.78, 5) is 3.89. The number of halogens is 3. The van der Waals surface area contributed by atoms with Gasteiger partial charge in [-0.15, -0.1) is 0 Å². The Morgan fingerprint density at radius 1 is 1.17 bits per heavy atom. The van der Waals surface area contributed by atoms with Gasteiger partial charge in [0.25, 0.3) is 0 Å². The average Bonchev–Trinajstić information content (AvgIpc) is 3.26. The maximum Gasteiger partial charge on any atom is 0.243 e. The number of aliphatic hydroxyl groups excluding tert-OH is 1. The predicted molar refractivity (Wildman–Crippen MR) is 126 cm³/mol. The van der Waals surface area contributed by atoms with Crippen LogP contribution in [0.4, 0.5) is 8.78 Å². The minimum absolute atomic E-state index is 0.0255. The average molecular weight is 523 g/mol. The molecule has 0 radical (unpaired) electrons. The molecule has 2 aliphatic carbocycles. The van der Waals surface area contributed by atoms with Crippen molar-refractivity contribution in [2.24, 2.45) is 11.3 Å². The van der Waals surface area contributed by atoms with Gasteiger partial charge in [-0.1, -0.05) is 24.4 Å². The number of aliphatic hydroxyl groups is 1. The van der Waals surface area contributed by atoms with Crippen molar-refractivity contribution in [3.05, 3.63) is 71.1 Å². The van der Waals surface area contributed by atoms with Crippen molar-refractivity contribution in [1.29, 1.82) is 0 Å². The number of oxazole rings is 1. The van der Waals surface area contributed by atoms with Crippen LogP contribution in [0, 0.1) is 23.0 Å². The Kier molecular flexibility index (Phi) is 6.46. The van der Waals surface area contributed by atoms with Crippen molar-refractivity contribution in [2.75, 3.05) is 6.61 Å². The van der Waals surface area contributed by atoms with Crippen LogP contribution >= 0.6 is 11.6 Å². The van der Waals surface area contributed by atoms with E-state index in [1.165, 1.54) is 41.0 Å². The summed E-state index contributed by atoms with van der Waals surface area (Å²) >= 11 is 5.96. The van der Waals surface area contributed by atoms with Crippen LogP contribution in [0.1, 0.15) is 37.7 Å². The number of aromatic nitrogens is 1. The van der Waals surface area contributed by atoms with E-state index >= 15 is 4.39 Å². The Morgan fingerprint density at radius 2 is 1.94 bits per heavy atom. The van der Waals surface area contributed by atoms with Crippen LogP contribution < -0.4 is 0 Å². The van der Waals surface area contributed by atoms with E-state index in [4.69, 9.17) is 16.0 Å². The van der Waals surface area contributed by atoms with Crippen molar-refractivity contribution in [3.63, 3.8) is 0 Å². The number of benzene rings is 2. The summed E-state index contributed by atoms with van der Waals surface area (Å²) in [6.07, 6.45) is 6.68. The SMILES string of the molecule is O=S(=O)(c1ccc(Cl)cc1)N(Cc1cc(F)c(-c2ncco2)cc1F)[C@@H]1C[C@@]12CCCC[C@H]2CO. The zero-order chi connectivity index (χ0) is 24.8. The molecule has 1 N–H and O–H groups in total. The van der Waals surface area contributed by atoms with Crippen LogP contribution in [0.5, 0.6) is 0 Å². The van der Waals surface area contributed by atoms with Gasteiger partial charge >= 0.3 is 0 Å². The van der Waals surface area contributed by atoms with E-state index in [9.17, 15) is 17.9 Å². The molecule has 2 saturated carbocycles. The first-order valence-corrected chi connectivity index (χ1v) is 13.3. The summed E-state index contributed by atoms with van der Waals surface area (Å²) in [5, 5.41) is 10.4. The third-order valence-corrected chi connectivity index (χ3v) is 9.57. The zero-order valence-corrected chi connectivity index (χ0v) is 20.4. The maximum absolute atomic E-state index is 15.2. The lowest BCUT2D eigenvalue weighted by Crippen LogP contribution is -2.39. The van der Waals surface area contributed by atoms with E-state index in [0.717, 1.165) is 37.8 Å². The molecule has 10 heteroatoms. The first-order chi connectivity index (χ1) is 16.8. The molecule has 35 heavy (non-hydrogen) atoms. The minimum Gasteiger partial charge on any atom is -0.444 e. The van der Waals surface area contributed by atoms with Crippen LogP contribution in [-0.2, 0) is 16.6 Å². The minimum atomic E-state index is -4.07. The fraction of sp³-hybridized carbons (Fsp3) is 0.400. The molecule has 186 valence electrons. The van der Waals surface area contributed by atoms with E-state index < -0.39 is 27.7 Å². The number of hydrogen-bond acceptors (Lipinski definition) is 5. The van der Waals surface area contributed by atoms with Gasteiger partial charge in [-0.25, -0.2) is 22.2 Å². The van der Waals surface area contributed by atoms with Crippen molar-refractivity contribution >= 4 is 21.6 Å². The van der Waals surface area contributed by atoms with E-state index in [-0.39, 0.29) is 46.4 Å². The summed E-state index contributed by atoms with van der Waals surface area (Å²) < 4.78 is 64.0. The molecule has 0 saturated heterocycles. The number of nitrogens with zero attached hydrogens (tertiary/aromatic N) is 2. The van der Waals surface area contributed by atoms with E-state index in [0.29, 0.717) is 11.4 Å². The highest BCUT2D eigenvalue weighted by Gasteiger charge is 2.63. The maximum atomic E-state index is 15.2. The molecule has 1 aromatic heterocycles. The highest BCUT2D eigenvalue weighted by molar-refractivity contribution is 7.89. The van der Waals surface area contributed by atoms with Gasteiger partial charge in [-0.2, -0.15) is 4.31 Å². The zero-order valence-electron chi connectivity index (χ0n) is 18.8. The first kappa shape index (κ1) is 24.4. The second-order valence-corrected chi connectivity index (χ2v) is 11.7. The van der Waals surface area contributed by atoms with Crippen molar-refractivity contribution in [3.8, 4) is 11.5 Å². The Morgan fingerprint density at radius 3 is 2.63 bits per heavy atom.